The van der Waals surface area contributed by atoms with Crippen LogP contribution >= 0.6 is 0 Å². The van der Waals surface area contributed by atoms with Gasteiger partial charge in [-0.25, -0.2) is 8.78 Å². The lowest BCUT2D eigenvalue weighted by atomic mass is 10.0. The van der Waals surface area contributed by atoms with Gasteiger partial charge in [0.05, 0.1) is 0 Å². The molecule has 1 N–H and O–H groups in total. The summed E-state index contributed by atoms with van der Waals surface area (Å²) < 4.78 is 32.2. The van der Waals surface area contributed by atoms with E-state index in [1.807, 2.05) is 14.0 Å². The van der Waals surface area contributed by atoms with E-state index in [9.17, 15) is 8.78 Å². The fraction of sp³-hybridized carbons (Fsp3) is 0.571. The first kappa shape index (κ1) is 15.1. The van der Waals surface area contributed by atoms with E-state index >= 15 is 0 Å². The zero-order valence-electron chi connectivity index (χ0n) is 11.0. The summed E-state index contributed by atoms with van der Waals surface area (Å²) >= 11 is 0. The van der Waals surface area contributed by atoms with Crippen LogP contribution < -0.4 is 5.32 Å². The normalized spacial score (nSPS) is 12.7. The Morgan fingerprint density at radius 2 is 1.94 bits per heavy atom. The summed E-state index contributed by atoms with van der Waals surface area (Å²) in [5.74, 6) is -0.944. The van der Waals surface area contributed by atoms with Crippen LogP contribution in [-0.2, 0) is 11.2 Å². The molecule has 0 radical (unpaired) electrons. The van der Waals surface area contributed by atoms with Crippen molar-refractivity contribution in [2.24, 2.45) is 0 Å². The second-order valence-corrected chi connectivity index (χ2v) is 4.23. The number of likely N-dealkylation sites (N-methyl/N-ethyl adjacent to an activating group) is 1. The van der Waals surface area contributed by atoms with Crippen LogP contribution in [0.1, 0.15) is 25.3 Å². The molecule has 1 unspecified atom stereocenters. The fourth-order valence-corrected chi connectivity index (χ4v) is 1.90. The second kappa shape index (κ2) is 8.16. The maximum Gasteiger partial charge on any atom is 0.129 e. The smallest absolute Gasteiger partial charge is 0.129 e. The molecule has 0 amide bonds. The van der Waals surface area contributed by atoms with Crippen molar-refractivity contribution in [2.45, 2.75) is 32.2 Å². The average molecular weight is 257 g/mol. The SMILES string of the molecule is CCOCCCC(Cc1c(F)cccc1F)NC. The van der Waals surface area contributed by atoms with E-state index in [1.54, 1.807) is 0 Å². The van der Waals surface area contributed by atoms with Crippen molar-refractivity contribution in [3.05, 3.63) is 35.4 Å². The summed E-state index contributed by atoms with van der Waals surface area (Å²) in [6, 6.07) is 4.05. The number of hydrogen-bond donors (Lipinski definition) is 1. The fourth-order valence-electron chi connectivity index (χ4n) is 1.90. The standard InChI is InChI=1S/C14H21F2NO/c1-3-18-9-5-6-11(17-2)10-12-13(15)7-4-8-14(12)16/h4,7-8,11,17H,3,5-6,9-10H2,1-2H3. The largest absolute Gasteiger partial charge is 0.382 e. The molecule has 4 heteroatoms. The van der Waals surface area contributed by atoms with E-state index in [2.05, 4.69) is 5.32 Å². The highest BCUT2D eigenvalue weighted by Gasteiger charge is 2.14. The van der Waals surface area contributed by atoms with Gasteiger partial charge in [0.15, 0.2) is 0 Å². The molecule has 0 aliphatic carbocycles. The van der Waals surface area contributed by atoms with Gasteiger partial charge >= 0.3 is 0 Å². The van der Waals surface area contributed by atoms with Gasteiger partial charge in [-0.05, 0) is 45.4 Å². The zero-order valence-corrected chi connectivity index (χ0v) is 11.0. The van der Waals surface area contributed by atoms with E-state index in [4.69, 9.17) is 4.74 Å². The van der Waals surface area contributed by atoms with Gasteiger partial charge in [0.1, 0.15) is 11.6 Å². The van der Waals surface area contributed by atoms with E-state index in [-0.39, 0.29) is 11.6 Å². The van der Waals surface area contributed by atoms with Crippen LogP contribution in [0, 0.1) is 11.6 Å². The van der Waals surface area contributed by atoms with Gasteiger partial charge < -0.3 is 10.1 Å². The molecule has 0 bridgehead atoms. The highest BCUT2D eigenvalue weighted by atomic mass is 19.1. The van der Waals surface area contributed by atoms with Gasteiger partial charge in [0, 0.05) is 24.8 Å². The molecule has 0 saturated carbocycles. The molecule has 0 fully saturated rings. The average Bonchev–Trinajstić information content (AvgIpc) is 2.36. The third kappa shape index (κ3) is 4.70. The number of nitrogens with one attached hydrogen (secondary N) is 1. The molecular formula is C14H21F2NO. The third-order valence-corrected chi connectivity index (χ3v) is 2.97. The number of rotatable bonds is 8. The van der Waals surface area contributed by atoms with Crippen molar-refractivity contribution in [1.29, 1.82) is 0 Å². The Kier molecular flexibility index (Phi) is 6.83. The Morgan fingerprint density at radius 3 is 2.50 bits per heavy atom. The first-order valence-electron chi connectivity index (χ1n) is 6.37. The van der Waals surface area contributed by atoms with E-state index in [0.29, 0.717) is 19.6 Å². The van der Waals surface area contributed by atoms with Crippen LogP contribution in [0.25, 0.3) is 0 Å². The van der Waals surface area contributed by atoms with Crippen LogP contribution in [-0.4, -0.2) is 26.3 Å². The second-order valence-electron chi connectivity index (χ2n) is 4.23. The van der Waals surface area contributed by atoms with Crippen molar-refractivity contribution in [1.82, 2.24) is 5.32 Å². The summed E-state index contributed by atoms with van der Waals surface area (Å²) in [5.41, 5.74) is 0.160. The van der Waals surface area contributed by atoms with Crippen LogP contribution in [0.15, 0.2) is 18.2 Å². The van der Waals surface area contributed by atoms with Crippen molar-refractivity contribution >= 4 is 0 Å². The number of halogens is 2. The molecule has 0 aliphatic heterocycles. The highest BCUT2D eigenvalue weighted by molar-refractivity contribution is 5.20. The number of hydrogen-bond acceptors (Lipinski definition) is 2. The first-order valence-corrected chi connectivity index (χ1v) is 6.37. The van der Waals surface area contributed by atoms with E-state index in [1.165, 1.54) is 18.2 Å². The molecule has 18 heavy (non-hydrogen) atoms. The molecule has 0 aromatic heterocycles. The van der Waals surface area contributed by atoms with Crippen molar-refractivity contribution in [3.8, 4) is 0 Å². The summed E-state index contributed by atoms with van der Waals surface area (Å²) in [7, 11) is 1.81. The summed E-state index contributed by atoms with van der Waals surface area (Å²) in [4.78, 5) is 0. The first-order chi connectivity index (χ1) is 8.69. The molecule has 0 spiro atoms. The Bertz CT molecular complexity index is 337. The molecule has 0 heterocycles. The van der Waals surface area contributed by atoms with Crippen LogP contribution in [0.4, 0.5) is 8.78 Å². The Morgan fingerprint density at radius 1 is 1.28 bits per heavy atom. The molecule has 2 nitrogen and oxygen atoms in total. The van der Waals surface area contributed by atoms with Gasteiger partial charge in [-0.1, -0.05) is 6.07 Å². The van der Waals surface area contributed by atoms with Crippen LogP contribution in [0.5, 0.6) is 0 Å². The van der Waals surface area contributed by atoms with E-state index < -0.39 is 11.6 Å². The van der Waals surface area contributed by atoms with Crippen LogP contribution in [0.2, 0.25) is 0 Å². The number of ether oxygens (including phenoxy) is 1. The topological polar surface area (TPSA) is 21.3 Å². The lowest BCUT2D eigenvalue weighted by molar-refractivity contribution is 0.141. The Labute approximate surface area is 107 Å². The summed E-state index contributed by atoms with van der Waals surface area (Å²) in [6.07, 6.45) is 2.08. The summed E-state index contributed by atoms with van der Waals surface area (Å²) in [6.45, 7) is 3.34. The van der Waals surface area contributed by atoms with Crippen molar-refractivity contribution < 1.29 is 13.5 Å². The van der Waals surface area contributed by atoms with Gasteiger partial charge in [0.2, 0.25) is 0 Å². The quantitative estimate of drug-likeness (QED) is 0.723. The molecule has 1 aromatic rings. The predicted molar refractivity (Wildman–Crippen MR) is 68.6 cm³/mol. The minimum atomic E-state index is -0.472. The minimum Gasteiger partial charge on any atom is -0.382 e. The monoisotopic (exact) mass is 257 g/mol. The maximum absolute atomic E-state index is 13.5. The van der Waals surface area contributed by atoms with Gasteiger partial charge in [-0.15, -0.1) is 0 Å². The molecule has 0 saturated heterocycles. The van der Waals surface area contributed by atoms with E-state index in [0.717, 1.165) is 12.8 Å². The lowest BCUT2D eigenvalue weighted by Gasteiger charge is -2.17. The molecule has 1 atom stereocenters. The third-order valence-electron chi connectivity index (χ3n) is 2.97. The minimum absolute atomic E-state index is 0.0665. The molecule has 1 aromatic carbocycles. The van der Waals surface area contributed by atoms with Crippen LogP contribution in [0.3, 0.4) is 0 Å². The van der Waals surface area contributed by atoms with Gasteiger partial charge in [-0.2, -0.15) is 0 Å². The Hall–Kier alpha value is -1.00. The highest BCUT2D eigenvalue weighted by Crippen LogP contribution is 2.15. The maximum atomic E-state index is 13.5. The molecule has 102 valence electrons. The van der Waals surface area contributed by atoms with Crippen molar-refractivity contribution in [2.75, 3.05) is 20.3 Å². The Balaban J connectivity index is 2.52. The van der Waals surface area contributed by atoms with Gasteiger partial charge in [0.25, 0.3) is 0 Å². The summed E-state index contributed by atoms with van der Waals surface area (Å²) in [5, 5.41) is 3.09. The van der Waals surface area contributed by atoms with Gasteiger partial charge in [-0.3, -0.25) is 0 Å². The molecular weight excluding hydrogens is 236 g/mol. The zero-order chi connectivity index (χ0) is 13.4. The molecule has 0 aliphatic rings. The number of benzene rings is 1. The molecule has 1 rings (SSSR count). The lowest BCUT2D eigenvalue weighted by Crippen LogP contribution is -2.28. The van der Waals surface area contributed by atoms with Crippen molar-refractivity contribution in [3.63, 3.8) is 0 Å². The predicted octanol–water partition coefficient (Wildman–Crippen LogP) is 2.91.